The molecule has 0 bridgehead atoms. The first kappa shape index (κ1) is 12.9. The Balaban J connectivity index is 1.71. The molecule has 3 nitrogen and oxygen atoms in total. The first-order chi connectivity index (χ1) is 8.25. The topological polar surface area (TPSA) is 41.1 Å². The third-order valence-corrected chi connectivity index (χ3v) is 4.32. The third-order valence-electron chi connectivity index (χ3n) is 4.32. The van der Waals surface area contributed by atoms with Crippen molar-refractivity contribution >= 4 is 5.91 Å². The lowest BCUT2D eigenvalue weighted by Crippen LogP contribution is -2.44. The summed E-state index contributed by atoms with van der Waals surface area (Å²) in [7, 11) is 0. The SMILES string of the molecule is CC1CCC(CNC2CCCCNC2=O)CC1. The van der Waals surface area contributed by atoms with Gasteiger partial charge in [-0.25, -0.2) is 0 Å². The number of carbonyl (C=O) groups excluding carboxylic acids is 1. The molecule has 1 saturated carbocycles. The highest BCUT2D eigenvalue weighted by molar-refractivity contribution is 5.81. The highest BCUT2D eigenvalue weighted by atomic mass is 16.2. The molecule has 98 valence electrons. The van der Waals surface area contributed by atoms with Crippen molar-refractivity contribution in [2.24, 2.45) is 11.8 Å². The minimum Gasteiger partial charge on any atom is -0.355 e. The van der Waals surface area contributed by atoms with Gasteiger partial charge >= 0.3 is 0 Å². The van der Waals surface area contributed by atoms with Crippen molar-refractivity contribution in [1.82, 2.24) is 10.6 Å². The minimum atomic E-state index is 0.0665. The zero-order chi connectivity index (χ0) is 12.1. The molecule has 2 fully saturated rings. The Kier molecular flexibility index (Phi) is 4.84. The van der Waals surface area contributed by atoms with E-state index < -0.39 is 0 Å². The van der Waals surface area contributed by atoms with Gasteiger partial charge in [0, 0.05) is 6.54 Å². The maximum absolute atomic E-state index is 11.8. The van der Waals surface area contributed by atoms with Gasteiger partial charge in [0.15, 0.2) is 0 Å². The third kappa shape index (κ3) is 3.98. The Morgan fingerprint density at radius 1 is 1.18 bits per heavy atom. The van der Waals surface area contributed by atoms with Crippen molar-refractivity contribution in [1.29, 1.82) is 0 Å². The Morgan fingerprint density at radius 3 is 2.71 bits per heavy atom. The van der Waals surface area contributed by atoms with Crippen LogP contribution in [-0.2, 0) is 4.79 Å². The molecule has 1 amide bonds. The predicted octanol–water partition coefficient (Wildman–Crippen LogP) is 2.07. The summed E-state index contributed by atoms with van der Waals surface area (Å²) in [5, 5.41) is 6.47. The highest BCUT2D eigenvalue weighted by Gasteiger charge is 2.23. The quantitative estimate of drug-likeness (QED) is 0.790. The van der Waals surface area contributed by atoms with Crippen molar-refractivity contribution < 1.29 is 4.79 Å². The maximum Gasteiger partial charge on any atom is 0.237 e. The molecule has 1 heterocycles. The lowest BCUT2D eigenvalue weighted by Gasteiger charge is -2.27. The van der Waals surface area contributed by atoms with Crippen LogP contribution in [0.3, 0.4) is 0 Å². The zero-order valence-electron chi connectivity index (χ0n) is 11.0. The molecular weight excluding hydrogens is 212 g/mol. The van der Waals surface area contributed by atoms with Gasteiger partial charge in [-0.2, -0.15) is 0 Å². The van der Waals surface area contributed by atoms with Gasteiger partial charge in [-0.15, -0.1) is 0 Å². The smallest absolute Gasteiger partial charge is 0.237 e. The fraction of sp³-hybridized carbons (Fsp3) is 0.929. The van der Waals surface area contributed by atoms with E-state index >= 15 is 0 Å². The molecule has 0 spiro atoms. The van der Waals surface area contributed by atoms with E-state index in [0.717, 1.165) is 44.2 Å². The summed E-state index contributed by atoms with van der Waals surface area (Å²) in [6.07, 6.45) is 8.70. The first-order valence-corrected chi connectivity index (χ1v) is 7.27. The van der Waals surface area contributed by atoms with Gasteiger partial charge in [-0.1, -0.05) is 19.8 Å². The number of amides is 1. The van der Waals surface area contributed by atoms with Crippen molar-refractivity contribution in [3.8, 4) is 0 Å². The summed E-state index contributed by atoms with van der Waals surface area (Å²) in [5.41, 5.74) is 0. The van der Waals surface area contributed by atoms with Crippen molar-refractivity contribution in [3.05, 3.63) is 0 Å². The Labute approximate surface area is 105 Å². The molecule has 1 aliphatic carbocycles. The van der Waals surface area contributed by atoms with Crippen LogP contribution in [0.2, 0.25) is 0 Å². The van der Waals surface area contributed by atoms with Gasteiger partial charge in [0.2, 0.25) is 5.91 Å². The van der Waals surface area contributed by atoms with Gasteiger partial charge in [0.05, 0.1) is 6.04 Å². The molecule has 0 aromatic rings. The van der Waals surface area contributed by atoms with E-state index in [1.807, 2.05) is 0 Å². The molecule has 0 aromatic heterocycles. The zero-order valence-corrected chi connectivity index (χ0v) is 11.0. The molecule has 2 N–H and O–H groups in total. The Hall–Kier alpha value is -0.570. The molecular formula is C14H26N2O. The Morgan fingerprint density at radius 2 is 1.94 bits per heavy atom. The molecule has 17 heavy (non-hydrogen) atoms. The second-order valence-electron chi connectivity index (χ2n) is 5.87. The van der Waals surface area contributed by atoms with Crippen LogP contribution < -0.4 is 10.6 Å². The lowest BCUT2D eigenvalue weighted by atomic mass is 9.83. The maximum atomic E-state index is 11.8. The molecule has 1 unspecified atom stereocenters. The Bertz CT molecular complexity index is 247. The summed E-state index contributed by atoms with van der Waals surface area (Å²) < 4.78 is 0. The van der Waals surface area contributed by atoms with E-state index in [0.29, 0.717) is 0 Å². The molecule has 2 aliphatic rings. The average Bonchev–Trinajstić information content (AvgIpc) is 2.54. The number of hydrogen-bond acceptors (Lipinski definition) is 2. The van der Waals surface area contributed by atoms with Crippen LogP contribution in [0.5, 0.6) is 0 Å². The van der Waals surface area contributed by atoms with Crippen LogP contribution in [0.4, 0.5) is 0 Å². The highest BCUT2D eigenvalue weighted by Crippen LogP contribution is 2.27. The molecule has 1 atom stereocenters. The van der Waals surface area contributed by atoms with E-state index in [1.165, 1.54) is 25.7 Å². The van der Waals surface area contributed by atoms with E-state index in [9.17, 15) is 4.79 Å². The van der Waals surface area contributed by atoms with E-state index in [2.05, 4.69) is 17.6 Å². The van der Waals surface area contributed by atoms with E-state index in [-0.39, 0.29) is 11.9 Å². The van der Waals surface area contributed by atoms with E-state index in [1.54, 1.807) is 0 Å². The predicted molar refractivity (Wildman–Crippen MR) is 69.8 cm³/mol. The first-order valence-electron chi connectivity index (χ1n) is 7.27. The minimum absolute atomic E-state index is 0.0665. The lowest BCUT2D eigenvalue weighted by molar-refractivity contribution is -0.122. The summed E-state index contributed by atoms with van der Waals surface area (Å²) in [4.78, 5) is 11.8. The van der Waals surface area contributed by atoms with Crippen LogP contribution in [0, 0.1) is 11.8 Å². The molecule has 1 saturated heterocycles. The van der Waals surface area contributed by atoms with Crippen LogP contribution in [0.1, 0.15) is 51.9 Å². The van der Waals surface area contributed by atoms with Gasteiger partial charge in [0.1, 0.15) is 0 Å². The standard InChI is InChI=1S/C14H26N2O/c1-11-5-7-12(8-6-11)10-16-13-4-2-3-9-15-14(13)17/h11-13,16H,2-10H2,1H3,(H,15,17). The molecule has 0 aromatic carbocycles. The largest absolute Gasteiger partial charge is 0.355 e. The van der Waals surface area contributed by atoms with Crippen LogP contribution in [0.25, 0.3) is 0 Å². The summed E-state index contributed by atoms with van der Waals surface area (Å²) in [5.74, 6) is 1.92. The average molecular weight is 238 g/mol. The van der Waals surface area contributed by atoms with E-state index in [4.69, 9.17) is 0 Å². The molecule has 0 radical (unpaired) electrons. The fourth-order valence-corrected chi connectivity index (χ4v) is 2.98. The fourth-order valence-electron chi connectivity index (χ4n) is 2.98. The monoisotopic (exact) mass is 238 g/mol. The number of carbonyl (C=O) groups is 1. The van der Waals surface area contributed by atoms with Crippen LogP contribution in [-0.4, -0.2) is 25.0 Å². The van der Waals surface area contributed by atoms with Gasteiger partial charge in [-0.3, -0.25) is 4.79 Å². The second kappa shape index (κ2) is 6.39. The number of hydrogen-bond donors (Lipinski definition) is 2. The molecule has 1 aliphatic heterocycles. The number of nitrogens with one attached hydrogen (secondary N) is 2. The molecule has 3 heteroatoms. The number of rotatable bonds is 3. The van der Waals surface area contributed by atoms with Crippen molar-refractivity contribution in [3.63, 3.8) is 0 Å². The van der Waals surface area contributed by atoms with Crippen LogP contribution >= 0.6 is 0 Å². The second-order valence-corrected chi connectivity index (χ2v) is 5.87. The van der Waals surface area contributed by atoms with Gasteiger partial charge < -0.3 is 10.6 Å². The van der Waals surface area contributed by atoms with Gasteiger partial charge in [0.25, 0.3) is 0 Å². The summed E-state index contributed by atoms with van der Waals surface area (Å²) in [6.45, 7) is 4.24. The van der Waals surface area contributed by atoms with Crippen LogP contribution in [0.15, 0.2) is 0 Å². The van der Waals surface area contributed by atoms with Crippen molar-refractivity contribution in [2.45, 2.75) is 57.9 Å². The summed E-state index contributed by atoms with van der Waals surface area (Å²) in [6, 6.07) is 0.0665. The normalized spacial score (nSPS) is 35.1. The van der Waals surface area contributed by atoms with Gasteiger partial charge in [-0.05, 0) is 50.5 Å². The van der Waals surface area contributed by atoms with Crippen molar-refractivity contribution in [2.75, 3.05) is 13.1 Å². The molecule has 2 rings (SSSR count). The summed E-state index contributed by atoms with van der Waals surface area (Å²) >= 11 is 0.